The second kappa shape index (κ2) is 5.71. The quantitative estimate of drug-likeness (QED) is 0.819. The van der Waals surface area contributed by atoms with E-state index in [0.717, 1.165) is 43.2 Å². The minimum absolute atomic E-state index is 0.383. The molecule has 1 saturated heterocycles. The number of fused-ring (bicyclic) bond motifs is 3. The molecule has 1 aliphatic heterocycles. The van der Waals surface area contributed by atoms with Crippen LogP contribution in [0.2, 0.25) is 5.28 Å². The van der Waals surface area contributed by atoms with Gasteiger partial charge in [-0.25, -0.2) is 4.98 Å². The first kappa shape index (κ1) is 13.7. The second-order valence-corrected chi connectivity index (χ2v) is 7.22. The third kappa shape index (κ3) is 2.51. The summed E-state index contributed by atoms with van der Waals surface area (Å²) < 4.78 is 0. The summed E-state index contributed by atoms with van der Waals surface area (Å²) in [5.41, 5.74) is 1.49. The Hall–Kier alpha value is -0.910. The minimum Gasteiger partial charge on any atom is -0.355 e. The summed E-state index contributed by atoms with van der Waals surface area (Å²) in [5.74, 6) is 1.06. The van der Waals surface area contributed by atoms with Crippen LogP contribution < -0.4 is 10.2 Å². The van der Waals surface area contributed by atoms with Gasteiger partial charge in [0.05, 0.1) is 5.39 Å². The highest BCUT2D eigenvalue weighted by Crippen LogP contribution is 2.40. The van der Waals surface area contributed by atoms with E-state index in [9.17, 15) is 0 Å². The minimum atomic E-state index is 0.383. The predicted molar refractivity (Wildman–Crippen MR) is 88.8 cm³/mol. The van der Waals surface area contributed by atoms with E-state index in [1.165, 1.54) is 41.5 Å². The molecule has 21 heavy (non-hydrogen) atoms. The van der Waals surface area contributed by atoms with Crippen molar-refractivity contribution in [3.63, 3.8) is 0 Å². The molecule has 2 aromatic heterocycles. The van der Waals surface area contributed by atoms with Crippen molar-refractivity contribution >= 4 is 39.0 Å². The molecule has 2 aromatic rings. The molecule has 1 N–H and O–H groups in total. The Labute approximate surface area is 133 Å². The monoisotopic (exact) mass is 322 g/mol. The van der Waals surface area contributed by atoms with Crippen LogP contribution in [0.25, 0.3) is 10.2 Å². The number of thiophene rings is 1. The molecule has 0 aromatic carbocycles. The van der Waals surface area contributed by atoms with E-state index in [1.54, 1.807) is 0 Å². The van der Waals surface area contributed by atoms with E-state index in [0.29, 0.717) is 5.28 Å². The van der Waals surface area contributed by atoms with E-state index in [-0.39, 0.29) is 0 Å². The summed E-state index contributed by atoms with van der Waals surface area (Å²) in [4.78, 5) is 14.1. The first-order chi connectivity index (χ1) is 10.3. The van der Waals surface area contributed by atoms with Crippen molar-refractivity contribution in [1.29, 1.82) is 0 Å². The maximum Gasteiger partial charge on any atom is 0.225 e. The molecule has 2 aliphatic rings. The molecule has 3 heterocycles. The number of aromatic nitrogens is 2. The highest BCUT2D eigenvalue weighted by atomic mass is 35.5. The average molecular weight is 323 g/mol. The van der Waals surface area contributed by atoms with Crippen LogP contribution in [0.5, 0.6) is 0 Å². The van der Waals surface area contributed by atoms with Gasteiger partial charge in [-0.3, -0.25) is 0 Å². The zero-order valence-corrected chi connectivity index (χ0v) is 13.6. The molecule has 4 nitrogen and oxygen atoms in total. The fourth-order valence-electron chi connectivity index (χ4n) is 3.40. The summed E-state index contributed by atoms with van der Waals surface area (Å²) in [6, 6.07) is 0. The van der Waals surface area contributed by atoms with Gasteiger partial charge < -0.3 is 10.2 Å². The third-order valence-corrected chi connectivity index (χ3v) is 5.76. The third-order valence-electron chi connectivity index (χ3n) is 4.41. The molecular formula is C15H19ClN4S. The molecule has 4 rings (SSSR count). The number of nitrogens with zero attached hydrogens (tertiary/aromatic N) is 3. The number of anilines is 1. The Kier molecular flexibility index (Phi) is 3.73. The maximum absolute atomic E-state index is 6.19. The SMILES string of the molecule is Clc1nc(N2CCCNCC2)c2c3c(sc2n1)CCCC3. The van der Waals surface area contributed by atoms with Gasteiger partial charge in [0.2, 0.25) is 5.28 Å². The first-order valence-corrected chi connectivity index (χ1v) is 8.96. The van der Waals surface area contributed by atoms with Gasteiger partial charge in [0.1, 0.15) is 10.6 Å². The van der Waals surface area contributed by atoms with Crippen LogP contribution in [0.4, 0.5) is 5.82 Å². The fourth-order valence-corrected chi connectivity index (χ4v) is 4.87. The Morgan fingerprint density at radius 3 is 2.90 bits per heavy atom. The summed E-state index contributed by atoms with van der Waals surface area (Å²) >= 11 is 8.01. The highest BCUT2D eigenvalue weighted by molar-refractivity contribution is 7.19. The van der Waals surface area contributed by atoms with Crippen molar-refractivity contribution in [2.24, 2.45) is 0 Å². The van der Waals surface area contributed by atoms with Crippen molar-refractivity contribution in [3.05, 3.63) is 15.7 Å². The zero-order chi connectivity index (χ0) is 14.2. The van der Waals surface area contributed by atoms with Crippen LogP contribution in [0, 0.1) is 0 Å². The number of aryl methyl sites for hydroxylation is 2. The Bertz CT molecular complexity index is 661. The number of hydrogen-bond donors (Lipinski definition) is 1. The van der Waals surface area contributed by atoms with E-state index >= 15 is 0 Å². The lowest BCUT2D eigenvalue weighted by Crippen LogP contribution is -2.29. The summed E-state index contributed by atoms with van der Waals surface area (Å²) in [5, 5.41) is 5.11. The lowest BCUT2D eigenvalue weighted by molar-refractivity contribution is 0.699. The molecule has 1 aliphatic carbocycles. The summed E-state index contributed by atoms with van der Waals surface area (Å²) in [6.45, 7) is 4.13. The van der Waals surface area contributed by atoms with Gasteiger partial charge in [0.25, 0.3) is 0 Å². The van der Waals surface area contributed by atoms with E-state index in [4.69, 9.17) is 11.6 Å². The fraction of sp³-hybridized carbons (Fsp3) is 0.600. The van der Waals surface area contributed by atoms with Crippen LogP contribution >= 0.6 is 22.9 Å². The molecule has 0 atom stereocenters. The van der Waals surface area contributed by atoms with Crippen LogP contribution in [-0.2, 0) is 12.8 Å². The smallest absolute Gasteiger partial charge is 0.225 e. The number of rotatable bonds is 1. The topological polar surface area (TPSA) is 41.1 Å². The van der Waals surface area contributed by atoms with Gasteiger partial charge in [0, 0.05) is 24.5 Å². The molecule has 0 amide bonds. The number of hydrogen-bond acceptors (Lipinski definition) is 5. The van der Waals surface area contributed by atoms with Gasteiger partial charge in [-0.1, -0.05) is 0 Å². The highest BCUT2D eigenvalue weighted by Gasteiger charge is 2.23. The van der Waals surface area contributed by atoms with Gasteiger partial charge >= 0.3 is 0 Å². The maximum atomic E-state index is 6.19. The van der Waals surface area contributed by atoms with E-state index in [2.05, 4.69) is 20.2 Å². The van der Waals surface area contributed by atoms with Crippen LogP contribution in [0.3, 0.4) is 0 Å². The molecule has 112 valence electrons. The molecular weight excluding hydrogens is 304 g/mol. The van der Waals surface area contributed by atoms with Crippen LogP contribution in [0.1, 0.15) is 29.7 Å². The number of nitrogens with one attached hydrogen (secondary N) is 1. The summed E-state index contributed by atoms with van der Waals surface area (Å²) in [7, 11) is 0. The van der Waals surface area contributed by atoms with Crippen molar-refractivity contribution < 1.29 is 0 Å². The second-order valence-electron chi connectivity index (χ2n) is 5.80. The van der Waals surface area contributed by atoms with Crippen LogP contribution in [-0.4, -0.2) is 36.1 Å². The van der Waals surface area contributed by atoms with Gasteiger partial charge in [-0.2, -0.15) is 4.98 Å². The Balaban J connectivity index is 1.87. The standard InChI is InChI=1S/C15H19ClN4S/c16-15-18-13(20-8-3-6-17-7-9-20)12-10-4-1-2-5-11(10)21-14(12)19-15/h17H,1-9H2. The Morgan fingerprint density at radius 2 is 1.95 bits per heavy atom. The lowest BCUT2D eigenvalue weighted by Gasteiger charge is -2.23. The molecule has 1 fully saturated rings. The number of halogens is 1. The molecule has 0 spiro atoms. The largest absolute Gasteiger partial charge is 0.355 e. The summed E-state index contributed by atoms with van der Waals surface area (Å²) in [6.07, 6.45) is 6.08. The normalized spacial score (nSPS) is 19.6. The van der Waals surface area contributed by atoms with Gasteiger partial charge in [-0.15, -0.1) is 11.3 Å². The van der Waals surface area contributed by atoms with E-state index < -0.39 is 0 Å². The van der Waals surface area contributed by atoms with Crippen LogP contribution in [0.15, 0.2) is 0 Å². The molecule has 6 heteroatoms. The van der Waals surface area contributed by atoms with Crippen molar-refractivity contribution in [3.8, 4) is 0 Å². The van der Waals surface area contributed by atoms with E-state index in [1.807, 2.05) is 11.3 Å². The molecule has 0 radical (unpaired) electrons. The van der Waals surface area contributed by atoms with Crippen molar-refractivity contribution in [2.75, 3.05) is 31.1 Å². The molecule has 0 bridgehead atoms. The predicted octanol–water partition coefficient (Wildman–Crippen LogP) is 3.02. The lowest BCUT2D eigenvalue weighted by atomic mass is 9.97. The Morgan fingerprint density at radius 1 is 1.05 bits per heavy atom. The van der Waals surface area contributed by atoms with Crippen molar-refractivity contribution in [2.45, 2.75) is 32.1 Å². The van der Waals surface area contributed by atoms with Crippen molar-refractivity contribution in [1.82, 2.24) is 15.3 Å². The van der Waals surface area contributed by atoms with Gasteiger partial charge in [-0.05, 0) is 55.8 Å². The molecule has 0 unspecified atom stereocenters. The van der Waals surface area contributed by atoms with Gasteiger partial charge in [0.15, 0.2) is 0 Å². The average Bonchev–Trinajstić information content (AvgIpc) is 2.68. The first-order valence-electron chi connectivity index (χ1n) is 7.76. The zero-order valence-electron chi connectivity index (χ0n) is 12.0. The molecule has 0 saturated carbocycles.